The molecular weight excluding hydrogens is 66.0 g/mol. The van der Waals surface area contributed by atoms with Crippen LogP contribution in [-0.2, 0) is 0 Å². The van der Waals surface area contributed by atoms with E-state index in [2.05, 4.69) is 6.58 Å². The predicted octanol–water partition coefficient (Wildman–Crippen LogP) is 0.708. The number of hydrogen-bond acceptors (Lipinski definition) is 2. The number of aliphatic hydroxyl groups excluding tert-OH is 1. The first kappa shape index (κ1) is 4.21. The number of nitrogens with one attached hydrogen (secondary N) is 1. The first-order chi connectivity index (χ1) is 2.27. The zero-order valence-corrected chi connectivity index (χ0v) is 2.73. The fourth-order valence-corrected chi connectivity index (χ4v) is 0. The molecule has 0 saturated heterocycles. The summed E-state index contributed by atoms with van der Waals surface area (Å²) >= 11 is 0. The largest absolute Gasteiger partial charge is 0.507 e. The van der Waals surface area contributed by atoms with Gasteiger partial charge < -0.3 is 10.5 Å². The van der Waals surface area contributed by atoms with Crippen LogP contribution in [0.3, 0.4) is 0 Å². The Bertz CT molecular complexity index is 57.9. The third-order valence-corrected chi connectivity index (χ3v) is 0.167. The minimum atomic E-state index is -0.204. The van der Waals surface area contributed by atoms with E-state index in [1.165, 1.54) is 0 Å². The molecule has 2 nitrogen and oxygen atoms in total. The van der Waals surface area contributed by atoms with E-state index < -0.39 is 0 Å². The first-order valence-corrected chi connectivity index (χ1v) is 1.15. The number of allylic oxidation sites excluding steroid dienone is 1. The lowest BCUT2D eigenvalue weighted by Gasteiger charge is -1.71. The molecule has 0 rings (SSSR count). The lowest BCUT2D eigenvalue weighted by atomic mass is 10.6. The van der Waals surface area contributed by atoms with E-state index in [1.54, 1.807) is 0 Å². The predicted molar refractivity (Wildman–Crippen MR) is 20.6 cm³/mol. The zero-order valence-electron chi connectivity index (χ0n) is 2.73. The van der Waals surface area contributed by atoms with Gasteiger partial charge in [0.1, 0.15) is 5.76 Å². The van der Waals surface area contributed by atoms with Crippen LogP contribution in [-0.4, -0.2) is 11.3 Å². The highest BCUT2D eigenvalue weighted by atomic mass is 16.3. The van der Waals surface area contributed by atoms with Gasteiger partial charge in [0.2, 0.25) is 0 Å². The Morgan fingerprint density at radius 2 is 2.20 bits per heavy atom. The molecule has 0 aliphatic carbocycles. The van der Waals surface area contributed by atoms with Gasteiger partial charge in [0.25, 0.3) is 0 Å². The van der Waals surface area contributed by atoms with E-state index in [0.29, 0.717) is 0 Å². The molecule has 0 radical (unpaired) electrons. The summed E-state index contributed by atoms with van der Waals surface area (Å²) in [5, 5.41) is 14.1. The lowest BCUT2D eigenvalue weighted by molar-refractivity contribution is 0.448. The van der Waals surface area contributed by atoms with E-state index >= 15 is 0 Å². The summed E-state index contributed by atoms with van der Waals surface area (Å²) in [6.45, 7) is 2.99. The molecule has 2 heteroatoms. The van der Waals surface area contributed by atoms with Crippen molar-refractivity contribution >= 4 is 6.21 Å². The minimum absolute atomic E-state index is 0.204. The molecule has 0 aromatic carbocycles. The van der Waals surface area contributed by atoms with Gasteiger partial charge in [-0.1, -0.05) is 6.58 Å². The van der Waals surface area contributed by atoms with Crippen molar-refractivity contribution in [3.05, 3.63) is 12.3 Å². The topological polar surface area (TPSA) is 44.1 Å². The molecule has 0 saturated carbocycles. The smallest absolute Gasteiger partial charge is 0.125 e. The molecule has 0 aliphatic heterocycles. The van der Waals surface area contributed by atoms with Gasteiger partial charge in [-0.05, 0) is 0 Å². The van der Waals surface area contributed by atoms with E-state index in [1.807, 2.05) is 0 Å². The van der Waals surface area contributed by atoms with Crippen LogP contribution in [0.1, 0.15) is 0 Å². The lowest BCUT2D eigenvalue weighted by Crippen LogP contribution is -1.70. The summed E-state index contributed by atoms with van der Waals surface area (Å²) in [6, 6.07) is 0. The molecule has 0 aromatic heterocycles. The Labute approximate surface area is 30.3 Å². The summed E-state index contributed by atoms with van der Waals surface area (Å²) in [6.07, 6.45) is 0.778. The highest BCUT2D eigenvalue weighted by Crippen LogP contribution is 1.64. The Morgan fingerprint density at radius 3 is 2.20 bits per heavy atom. The van der Waals surface area contributed by atoms with Crippen molar-refractivity contribution in [3.8, 4) is 0 Å². The molecule has 0 spiro atoms. The number of hydrogen-bond donors (Lipinski definition) is 2. The summed E-state index contributed by atoms with van der Waals surface area (Å²) in [4.78, 5) is 0. The highest BCUT2D eigenvalue weighted by Gasteiger charge is 1.64. The summed E-state index contributed by atoms with van der Waals surface area (Å²) in [7, 11) is 0. The Kier molecular flexibility index (Phi) is 1.28. The maximum absolute atomic E-state index is 7.92. The van der Waals surface area contributed by atoms with Crippen LogP contribution < -0.4 is 0 Å². The van der Waals surface area contributed by atoms with Gasteiger partial charge in [0.15, 0.2) is 0 Å². The van der Waals surface area contributed by atoms with Gasteiger partial charge in [-0.15, -0.1) is 0 Å². The molecule has 0 bridgehead atoms. The quantitative estimate of drug-likeness (QED) is 0.347. The fraction of sp³-hybridized carbons (Fsp3) is 0. The van der Waals surface area contributed by atoms with Crippen molar-refractivity contribution in [1.29, 1.82) is 5.41 Å². The van der Waals surface area contributed by atoms with Crippen molar-refractivity contribution < 1.29 is 5.11 Å². The van der Waals surface area contributed by atoms with Crippen LogP contribution in [0, 0.1) is 5.41 Å². The zero-order chi connectivity index (χ0) is 4.28. The van der Waals surface area contributed by atoms with E-state index in [0.717, 1.165) is 6.21 Å². The molecule has 0 fully saturated rings. The van der Waals surface area contributed by atoms with Crippen molar-refractivity contribution in [2.75, 3.05) is 0 Å². The Morgan fingerprint density at radius 1 is 2.00 bits per heavy atom. The second kappa shape index (κ2) is 1.52. The third kappa shape index (κ3) is 3.21. The number of rotatable bonds is 1. The van der Waals surface area contributed by atoms with Gasteiger partial charge in [-0.3, -0.25) is 0 Å². The molecular formula is C3H5NO. The van der Waals surface area contributed by atoms with Crippen molar-refractivity contribution in [3.63, 3.8) is 0 Å². The van der Waals surface area contributed by atoms with Crippen LogP contribution in [0.25, 0.3) is 0 Å². The molecule has 0 aromatic rings. The molecule has 5 heavy (non-hydrogen) atoms. The van der Waals surface area contributed by atoms with Crippen LogP contribution in [0.15, 0.2) is 12.3 Å². The normalized spacial score (nSPS) is 6.40. The van der Waals surface area contributed by atoms with E-state index in [-0.39, 0.29) is 5.76 Å². The summed E-state index contributed by atoms with van der Waals surface area (Å²) in [5.41, 5.74) is 0. The molecule has 0 aliphatic rings. The standard InChI is InChI=1S/C3H5NO/c1-3(5)2-4/h2,4-5H,1H2. The van der Waals surface area contributed by atoms with Crippen molar-refractivity contribution in [2.24, 2.45) is 0 Å². The SMILES string of the molecule is C=C(O)C=N. The molecule has 0 atom stereocenters. The van der Waals surface area contributed by atoms with Gasteiger partial charge in [0, 0.05) is 0 Å². The minimum Gasteiger partial charge on any atom is -0.507 e. The molecule has 0 unspecified atom stereocenters. The maximum Gasteiger partial charge on any atom is 0.125 e. The van der Waals surface area contributed by atoms with Crippen LogP contribution in [0.5, 0.6) is 0 Å². The van der Waals surface area contributed by atoms with E-state index in [4.69, 9.17) is 10.5 Å². The summed E-state index contributed by atoms with van der Waals surface area (Å²) in [5.74, 6) is -0.204. The number of aliphatic hydroxyl groups is 1. The average Bonchev–Trinajstić information content (AvgIpc) is 1.38. The molecule has 28 valence electrons. The first-order valence-electron chi connectivity index (χ1n) is 1.15. The van der Waals surface area contributed by atoms with Crippen LogP contribution in [0.2, 0.25) is 0 Å². The Balaban J connectivity index is 3.20. The third-order valence-electron chi connectivity index (χ3n) is 0.167. The van der Waals surface area contributed by atoms with Crippen molar-refractivity contribution in [1.82, 2.24) is 0 Å². The summed E-state index contributed by atoms with van der Waals surface area (Å²) < 4.78 is 0. The van der Waals surface area contributed by atoms with Crippen LogP contribution >= 0.6 is 0 Å². The highest BCUT2D eigenvalue weighted by molar-refractivity contribution is 5.70. The fourth-order valence-electron chi connectivity index (χ4n) is 0. The molecule has 2 N–H and O–H groups in total. The average molecular weight is 71.1 g/mol. The molecule has 0 amide bonds. The van der Waals surface area contributed by atoms with Gasteiger partial charge in [-0.2, -0.15) is 0 Å². The molecule has 0 heterocycles. The van der Waals surface area contributed by atoms with Crippen LogP contribution in [0.4, 0.5) is 0 Å². The monoisotopic (exact) mass is 71.0 g/mol. The maximum atomic E-state index is 7.92. The van der Waals surface area contributed by atoms with Gasteiger partial charge in [0.05, 0.1) is 6.21 Å². The van der Waals surface area contributed by atoms with Gasteiger partial charge in [-0.25, -0.2) is 0 Å². The second-order valence-corrected chi connectivity index (χ2v) is 0.636. The van der Waals surface area contributed by atoms with Gasteiger partial charge >= 0.3 is 0 Å². The second-order valence-electron chi connectivity index (χ2n) is 0.636. The Hall–Kier alpha value is -0.790. The van der Waals surface area contributed by atoms with E-state index in [9.17, 15) is 0 Å². The van der Waals surface area contributed by atoms with Crippen molar-refractivity contribution in [2.45, 2.75) is 0 Å².